The topological polar surface area (TPSA) is 66.7 Å². The molecule has 2 amide bonds. The zero-order valence-electron chi connectivity index (χ0n) is 14.7. The molecule has 27 heavy (non-hydrogen) atoms. The van der Waals surface area contributed by atoms with Crippen LogP contribution in [0, 0.1) is 5.82 Å². The summed E-state index contributed by atoms with van der Waals surface area (Å²) in [6.45, 7) is 1.68. The summed E-state index contributed by atoms with van der Waals surface area (Å²) in [5.41, 5.74) is 1.57. The largest absolute Gasteiger partial charge is 0.347 e. The van der Waals surface area contributed by atoms with E-state index in [-0.39, 0.29) is 35.7 Å². The summed E-state index contributed by atoms with van der Waals surface area (Å²) >= 11 is 0. The summed E-state index contributed by atoms with van der Waals surface area (Å²) < 4.78 is 14.7. The Morgan fingerprint density at radius 3 is 2.56 bits per heavy atom. The second kappa shape index (κ2) is 7.19. The first-order chi connectivity index (χ1) is 13.1. The number of rotatable bonds is 4. The van der Waals surface area contributed by atoms with Gasteiger partial charge in [0.15, 0.2) is 5.69 Å². The number of hydrogen-bond acceptors (Lipinski definition) is 3. The maximum absolute atomic E-state index is 13.0. The van der Waals surface area contributed by atoms with Gasteiger partial charge in [-0.3, -0.25) is 14.0 Å². The molecule has 6 nitrogen and oxygen atoms in total. The Labute approximate surface area is 155 Å². The predicted octanol–water partition coefficient (Wildman–Crippen LogP) is 2.64. The van der Waals surface area contributed by atoms with E-state index in [1.54, 1.807) is 45.8 Å². The SMILES string of the molecule is O=C(NCc1ccc(F)cc1)c1nc(C(=O)N2CCCC2)n2ccccc12. The number of nitrogens with one attached hydrogen (secondary N) is 1. The number of likely N-dealkylation sites (tertiary alicyclic amines) is 1. The van der Waals surface area contributed by atoms with Crippen molar-refractivity contribution in [2.45, 2.75) is 19.4 Å². The van der Waals surface area contributed by atoms with Gasteiger partial charge in [0.25, 0.3) is 11.8 Å². The summed E-state index contributed by atoms with van der Waals surface area (Å²) in [7, 11) is 0. The molecule has 1 saturated heterocycles. The molecule has 138 valence electrons. The summed E-state index contributed by atoms with van der Waals surface area (Å²) in [6, 6.07) is 11.3. The lowest BCUT2D eigenvalue weighted by atomic mass is 10.2. The van der Waals surface area contributed by atoms with Gasteiger partial charge >= 0.3 is 0 Å². The molecule has 1 N–H and O–H groups in total. The molecule has 2 aromatic heterocycles. The number of carbonyl (C=O) groups excluding carboxylic acids is 2. The molecule has 3 aromatic rings. The van der Waals surface area contributed by atoms with Gasteiger partial charge < -0.3 is 10.2 Å². The quantitative estimate of drug-likeness (QED) is 0.772. The number of amides is 2. The average molecular weight is 366 g/mol. The van der Waals surface area contributed by atoms with E-state index in [1.807, 2.05) is 0 Å². The lowest BCUT2D eigenvalue weighted by molar-refractivity contribution is 0.0780. The van der Waals surface area contributed by atoms with E-state index in [4.69, 9.17) is 0 Å². The van der Waals surface area contributed by atoms with Crippen molar-refractivity contribution >= 4 is 17.3 Å². The first-order valence-corrected chi connectivity index (χ1v) is 8.92. The smallest absolute Gasteiger partial charge is 0.290 e. The molecular weight excluding hydrogens is 347 g/mol. The van der Waals surface area contributed by atoms with Crippen molar-refractivity contribution in [2.24, 2.45) is 0 Å². The van der Waals surface area contributed by atoms with Crippen LogP contribution >= 0.6 is 0 Å². The Balaban J connectivity index is 1.60. The number of fused-ring (bicyclic) bond motifs is 1. The van der Waals surface area contributed by atoms with Gasteiger partial charge in [0.1, 0.15) is 5.82 Å². The zero-order chi connectivity index (χ0) is 18.8. The molecule has 0 saturated carbocycles. The fourth-order valence-electron chi connectivity index (χ4n) is 3.29. The van der Waals surface area contributed by atoms with Crippen LogP contribution in [0.25, 0.3) is 5.52 Å². The highest BCUT2D eigenvalue weighted by atomic mass is 19.1. The minimum absolute atomic E-state index is 0.161. The van der Waals surface area contributed by atoms with Crippen LogP contribution in [0.5, 0.6) is 0 Å². The van der Waals surface area contributed by atoms with Gasteiger partial charge in [-0.2, -0.15) is 0 Å². The van der Waals surface area contributed by atoms with E-state index < -0.39 is 0 Å². The van der Waals surface area contributed by atoms with E-state index >= 15 is 0 Å². The molecule has 4 rings (SSSR count). The van der Waals surface area contributed by atoms with E-state index in [0.717, 1.165) is 18.4 Å². The van der Waals surface area contributed by atoms with E-state index in [1.165, 1.54) is 12.1 Å². The first-order valence-electron chi connectivity index (χ1n) is 8.92. The molecule has 1 fully saturated rings. The summed E-state index contributed by atoms with van der Waals surface area (Å²) in [4.78, 5) is 31.6. The lowest BCUT2D eigenvalue weighted by Crippen LogP contribution is -2.29. The van der Waals surface area contributed by atoms with Crippen molar-refractivity contribution in [3.05, 3.63) is 71.6 Å². The van der Waals surface area contributed by atoms with Crippen molar-refractivity contribution in [3.8, 4) is 0 Å². The molecule has 0 spiro atoms. The predicted molar refractivity (Wildman–Crippen MR) is 97.9 cm³/mol. The lowest BCUT2D eigenvalue weighted by Gasteiger charge is -2.13. The van der Waals surface area contributed by atoms with Crippen molar-refractivity contribution in [3.63, 3.8) is 0 Å². The van der Waals surface area contributed by atoms with Gasteiger partial charge in [-0.25, -0.2) is 9.37 Å². The molecule has 0 atom stereocenters. The summed E-state index contributed by atoms with van der Waals surface area (Å²) in [5, 5.41) is 2.79. The molecule has 3 heterocycles. The molecular formula is C20H19FN4O2. The fraction of sp³-hybridized carbons (Fsp3) is 0.250. The van der Waals surface area contributed by atoms with Crippen molar-refractivity contribution in [1.82, 2.24) is 19.6 Å². The van der Waals surface area contributed by atoms with Crippen molar-refractivity contribution in [1.29, 1.82) is 0 Å². The van der Waals surface area contributed by atoms with Crippen LogP contribution < -0.4 is 5.32 Å². The number of pyridine rings is 1. The molecule has 1 aromatic carbocycles. The molecule has 1 aliphatic rings. The van der Waals surface area contributed by atoms with Gasteiger partial charge in [-0.1, -0.05) is 18.2 Å². The Hall–Kier alpha value is -3.22. The van der Waals surface area contributed by atoms with Crippen LogP contribution in [0.3, 0.4) is 0 Å². The second-order valence-corrected chi connectivity index (χ2v) is 6.55. The van der Waals surface area contributed by atoms with Crippen LogP contribution in [-0.2, 0) is 6.54 Å². The van der Waals surface area contributed by atoms with Crippen LogP contribution in [0.2, 0.25) is 0 Å². The number of halogens is 1. The minimum atomic E-state index is -0.372. The van der Waals surface area contributed by atoms with Crippen LogP contribution in [-0.4, -0.2) is 39.2 Å². The summed E-state index contributed by atoms with van der Waals surface area (Å²) in [6.07, 6.45) is 3.71. The average Bonchev–Trinajstić information content (AvgIpc) is 3.35. The number of nitrogens with zero attached hydrogens (tertiary/aromatic N) is 3. The Morgan fingerprint density at radius 1 is 1.07 bits per heavy atom. The number of aromatic nitrogens is 2. The molecule has 0 bridgehead atoms. The third kappa shape index (κ3) is 3.40. The van der Waals surface area contributed by atoms with Crippen LogP contribution in [0.1, 0.15) is 39.5 Å². The number of benzene rings is 1. The van der Waals surface area contributed by atoms with Gasteiger partial charge in [-0.15, -0.1) is 0 Å². The third-order valence-electron chi connectivity index (χ3n) is 4.71. The molecule has 7 heteroatoms. The van der Waals surface area contributed by atoms with Crippen molar-refractivity contribution < 1.29 is 14.0 Å². The van der Waals surface area contributed by atoms with Crippen LogP contribution in [0.4, 0.5) is 4.39 Å². The fourth-order valence-corrected chi connectivity index (χ4v) is 3.29. The molecule has 1 aliphatic heterocycles. The van der Waals surface area contributed by atoms with Gasteiger partial charge in [0.2, 0.25) is 5.82 Å². The normalized spacial score (nSPS) is 13.9. The summed E-state index contributed by atoms with van der Waals surface area (Å²) in [5.74, 6) is -0.607. The maximum Gasteiger partial charge on any atom is 0.290 e. The number of carbonyl (C=O) groups is 2. The van der Waals surface area contributed by atoms with Crippen molar-refractivity contribution in [2.75, 3.05) is 13.1 Å². The second-order valence-electron chi connectivity index (χ2n) is 6.55. The molecule has 0 aliphatic carbocycles. The highest BCUT2D eigenvalue weighted by Crippen LogP contribution is 2.17. The monoisotopic (exact) mass is 366 g/mol. The highest BCUT2D eigenvalue weighted by molar-refractivity contribution is 6.02. The maximum atomic E-state index is 13.0. The minimum Gasteiger partial charge on any atom is -0.347 e. The first kappa shape index (κ1) is 17.2. The molecule has 0 unspecified atom stereocenters. The van der Waals surface area contributed by atoms with E-state index in [9.17, 15) is 14.0 Å². The Bertz CT molecular complexity index is 991. The van der Waals surface area contributed by atoms with E-state index in [0.29, 0.717) is 18.6 Å². The van der Waals surface area contributed by atoms with Gasteiger partial charge in [0, 0.05) is 25.8 Å². The zero-order valence-corrected chi connectivity index (χ0v) is 14.7. The Kier molecular flexibility index (Phi) is 4.58. The number of hydrogen-bond donors (Lipinski definition) is 1. The highest BCUT2D eigenvalue weighted by Gasteiger charge is 2.26. The van der Waals surface area contributed by atoms with Gasteiger partial charge in [0.05, 0.1) is 5.52 Å². The number of imidazole rings is 1. The standard InChI is InChI=1S/C20H19FN4O2/c21-15-8-6-14(7-9-15)13-22-19(26)17-16-5-1-2-12-25(16)18(23-17)20(27)24-10-3-4-11-24/h1-2,5-9,12H,3-4,10-11,13H2,(H,22,26). The molecule has 0 radical (unpaired) electrons. The van der Waals surface area contributed by atoms with Gasteiger partial charge in [-0.05, 0) is 42.7 Å². The van der Waals surface area contributed by atoms with E-state index in [2.05, 4.69) is 10.3 Å². The third-order valence-corrected chi connectivity index (χ3v) is 4.71. The Morgan fingerprint density at radius 2 is 1.81 bits per heavy atom. The van der Waals surface area contributed by atoms with Crippen LogP contribution in [0.15, 0.2) is 48.7 Å².